The van der Waals surface area contributed by atoms with E-state index in [1.165, 1.54) is 7.11 Å². The van der Waals surface area contributed by atoms with E-state index in [1.807, 2.05) is 0 Å². The van der Waals surface area contributed by atoms with Gasteiger partial charge in [-0.3, -0.25) is 4.79 Å². The average Bonchev–Trinajstić information content (AvgIpc) is 2.40. The number of hydrogen-bond acceptors (Lipinski definition) is 3. The molecule has 0 N–H and O–H groups in total. The van der Waals surface area contributed by atoms with Crippen LogP contribution in [-0.4, -0.2) is 29.1 Å². The second-order valence-corrected chi connectivity index (χ2v) is 2.21. The van der Waals surface area contributed by atoms with Crippen molar-refractivity contribution in [3.05, 3.63) is 18.7 Å². The number of carbonyl (C=O) groups is 1. The third-order valence-electron chi connectivity index (χ3n) is 1.22. The van der Waals surface area contributed by atoms with E-state index in [0.717, 1.165) is 0 Å². The zero-order valence-corrected chi connectivity index (χ0v) is 6.36. The summed E-state index contributed by atoms with van der Waals surface area (Å²) in [4.78, 5) is 14.7. The third-order valence-corrected chi connectivity index (χ3v) is 1.22. The summed E-state index contributed by atoms with van der Waals surface area (Å²) < 4.78 is 6.38. The van der Waals surface area contributed by atoms with Gasteiger partial charge in [-0.2, -0.15) is 0 Å². The van der Waals surface area contributed by atoms with Gasteiger partial charge >= 0.3 is 0 Å². The molecule has 4 nitrogen and oxygen atoms in total. The highest BCUT2D eigenvalue weighted by Gasteiger charge is 2.00. The smallest absolute Gasteiger partial charge is 0.178 e. The van der Waals surface area contributed by atoms with Crippen molar-refractivity contribution < 1.29 is 9.53 Å². The lowest BCUT2D eigenvalue weighted by Crippen LogP contribution is -2.13. The van der Waals surface area contributed by atoms with Gasteiger partial charge in [-0.05, 0) is 0 Å². The molecule has 11 heavy (non-hydrogen) atoms. The number of hydrogen-bond donors (Lipinski definition) is 0. The first-order valence-corrected chi connectivity index (χ1v) is 3.29. The number of carbonyl (C=O) groups excluding carboxylic acids is 1. The Balaban J connectivity index is 2.37. The van der Waals surface area contributed by atoms with E-state index in [4.69, 9.17) is 0 Å². The van der Waals surface area contributed by atoms with Crippen LogP contribution in [0.1, 0.15) is 0 Å². The number of ether oxygens (including phenoxy) is 1. The van der Waals surface area contributed by atoms with E-state index in [0.29, 0.717) is 6.54 Å². The lowest BCUT2D eigenvalue weighted by Gasteiger charge is -1.98. The summed E-state index contributed by atoms with van der Waals surface area (Å²) in [6, 6.07) is 0. The van der Waals surface area contributed by atoms with Crippen molar-refractivity contribution in [2.45, 2.75) is 6.54 Å². The lowest BCUT2D eigenvalue weighted by molar-refractivity contribution is -0.123. The van der Waals surface area contributed by atoms with Crippen molar-refractivity contribution in [2.75, 3.05) is 13.7 Å². The second kappa shape index (κ2) is 3.88. The molecule has 0 aliphatic carbocycles. The molecule has 0 amide bonds. The van der Waals surface area contributed by atoms with Gasteiger partial charge < -0.3 is 9.30 Å². The highest BCUT2D eigenvalue weighted by Crippen LogP contribution is 1.86. The van der Waals surface area contributed by atoms with Gasteiger partial charge in [-0.1, -0.05) is 0 Å². The SMILES string of the molecule is COCC(=O)Cn1ccnc1. The monoisotopic (exact) mass is 154 g/mol. The maximum atomic E-state index is 10.9. The largest absolute Gasteiger partial charge is 0.377 e. The van der Waals surface area contributed by atoms with Crippen LogP contribution < -0.4 is 0 Å². The number of imidazole rings is 1. The predicted molar refractivity (Wildman–Crippen MR) is 39.1 cm³/mol. The Morgan fingerprint density at radius 3 is 3.09 bits per heavy atom. The number of ketones is 1. The van der Waals surface area contributed by atoms with E-state index in [2.05, 4.69) is 9.72 Å². The molecule has 0 saturated carbocycles. The minimum absolute atomic E-state index is 0.0468. The summed E-state index contributed by atoms with van der Waals surface area (Å²) in [7, 11) is 1.51. The summed E-state index contributed by atoms with van der Waals surface area (Å²) in [5.74, 6) is 0.0468. The summed E-state index contributed by atoms with van der Waals surface area (Å²) >= 11 is 0. The minimum atomic E-state index is 0.0468. The number of Topliss-reactive ketones (excluding diaryl/α,β-unsaturated/α-hetero) is 1. The van der Waals surface area contributed by atoms with Gasteiger partial charge in [0.05, 0.1) is 12.9 Å². The molecule has 0 saturated heterocycles. The third kappa shape index (κ3) is 2.51. The van der Waals surface area contributed by atoms with Crippen molar-refractivity contribution in [1.82, 2.24) is 9.55 Å². The molecule has 0 aromatic carbocycles. The molecule has 0 aliphatic rings. The van der Waals surface area contributed by atoms with Crippen LogP contribution in [0.4, 0.5) is 0 Å². The van der Waals surface area contributed by atoms with Gasteiger partial charge in [-0.25, -0.2) is 4.98 Å². The van der Waals surface area contributed by atoms with Gasteiger partial charge in [0, 0.05) is 19.5 Å². The van der Waals surface area contributed by atoms with Crippen LogP contribution >= 0.6 is 0 Å². The maximum absolute atomic E-state index is 10.9. The highest BCUT2D eigenvalue weighted by atomic mass is 16.5. The Morgan fingerprint density at radius 2 is 2.55 bits per heavy atom. The average molecular weight is 154 g/mol. The minimum Gasteiger partial charge on any atom is -0.377 e. The molecular weight excluding hydrogens is 144 g/mol. The molecule has 0 atom stereocenters. The molecule has 0 fully saturated rings. The fourth-order valence-corrected chi connectivity index (χ4v) is 0.791. The van der Waals surface area contributed by atoms with Crippen molar-refractivity contribution in [2.24, 2.45) is 0 Å². The molecule has 1 aromatic heterocycles. The predicted octanol–water partition coefficient (Wildman–Crippen LogP) is 0.0986. The molecule has 0 bridgehead atoms. The van der Waals surface area contributed by atoms with Gasteiger partial charge in [0.15, 0.2) is 5.78 Å². The van der Waals surface area contributed by atoms with E-state index >= 15 is 0 Å². The van der Waals surface area contributed by atoms with Gasteiger partial charge in [-0.15, -0.1) is 0 Å². The molecule has 4 heteroatoms. The van der Waals surface area contributed by atoms with Crippen molar-refractivity contribution >= 4 is 5.78 Å². The topological polar surface area (TPSA) is 44.1 Å². The second-order valence-electron chi connectivity index (χ2n) is 2.21. The number of nitrogens with zero attached hydrogens (tertiary/aromatic N) is 2. The van der Waals surface area contributed by atoms with Crippen LogP contribution in [0.2, 0.25) is 0 Å². The van der Waals surface area contributed by atoms with Crippen molar-refractivity contribution in [3.63, 3.8) is 0 Å². The van der Waals surface area contributed by atoms with E-state index < -0.39 is 0 Å². The van der Waals surface area contributed by atoms with Crippen LogP contribution in [-0.2, 0) is 16.1 Å². The van der Waals surface area contributed by atoms with Crippen LogP contribution in [0, 0.1) is 0 Å². The molecular formula is C7H10N2O2. The van der Waals surface area contributed by atoms with E-state index in [9.17, 15) is 4.79 Å². The van der Waals surface area contributed by atoms with Crippen molar-refractivity contribution in [1.29, 1.82) is 0 Å². The number of methoxy groups -OCH3 is 1. The molecule has 60 valence electrons. The zero-order chi connectivity index (χ0) is 8.10. The van der Waals surface area contributed by atoms with Crippen LogP contribution in [0.25, 0.3) is 0 Å². The summed E-state index contributed by atoms with van der Waals surface area (Å²) in [6.45, 7) is 0.506. The maximum Gasteiger partial charge on any atom is 0.178 e. The zero-order valence-electron chi connectivity index (χ0n) is 6.36. The molecule has 1 rings (SSSR count). The molecule has 0 radical (unpaired) electrons. The summed E-state index contributed by atoms with van der Waals surface area (Å²) in [5.41, 5.74) is 0. The first-order valence-electron chi connectivity index (χ1n) is 3.29. The van der Waals surface area contributed by atoms with Crippen LogP contribution in [0.5, 0.6) is 0 Å². The molecule has 0 aliphatic heterocycles. The molecule has 1 aromatic rings. The quantitative estimate of drug-likeness (QED) is 0.617. The van der Waals surface area contributed by atoms with E-state index in [1.54, 1.807) is 23.3 Å². The molecule has 0 unspecified atom stereocenters. The first-order chi connectivity index (χ1) is 5.33. The van der Waals surface area contributed by atoms with Crippen LogP contribution in [0.15, 0.2) is 18.7 Å². The highest BCUT2D eigenvalue weighted by molar-refractivity contribution is 5.79. The summed E-state index contributed by atoms with van der Waals surface area (Å²) in [6.07, 6.45) is 4.99. The Labute approximate surface area is 64.8 Å². The molecule has 0 spiro atoms. The summed E-state index contributed by atoms with van der Waals surface area (Å²) in [5, 5.41) is 0. The Kier molecular flexibility index (Phi) is 2.80. The Hall–Kier alpha value is -1.16. The Morgan fingerprint density at radius 1 is 1.73 bits per heavy atom. The Bertz CT molecular complexity index is 218. The standard InChI is InChI=1S/C7H10N2O2/c1-11-5-7(10)4-9-3-2-8-6-9/h2-3,6H,4-5H2,1H3. The molecule has 1 heterocycles. The normalized spacial score (nSPS) is 9.91. The fraction of sp³-hybridized carbons (Fsp3) is 0.429. The number of aromatic nitrogens is 2. The van der Waals surface area contributed by atoms with Gasteiger partial charge in [0.1, 0.15) is 6.61 Å². The van der Waals surface area contributed by atoms with Crippen LogP contribution in [0.3, 0.4) is 0 Å². The lowest BCUT2D eigenvalue weighted by atomic mass is 10.4. The first kappa shape index (κ1) is 7.94. The fourth-order valence-electron chi connectivity index (χ4n) is 0.791. The van der Waals surface area contributed by atoms with Gasteiger partial charge in [0.25, 0.3) is 0 Å². The van der Waals surface area contributed by atoms with E-state index in [-0.39, 0.29) is 12.4 Å². The number of rotatable bonds is 4. The van der Waals surface area contributed by atoms with Crippen molar-refractivity contribution in [3.8, 4) is 0 Å². The van der Waals surface area contributed by atoms with Gasteiger partial charge in [0.2, 0.25) is 0 Å².